The third-order valence-corrected chi connectivity index (χ3v) is 17.4. The standard InChI is InChI=1S/C67H130O17P2/c1-6-9-12-15-18-21-22-23-24-25-26-27-28-29-30-33-36-43-48-53-67(72)84-63(57-78-65(70)51-46-41-38-37-39-44-49-60(4)5)59-82-86(75,76)80-55-61(68)54-79-85(73,74)81-58-62(83-66(71)52-47-42-35-32-20-17-14-11-8-3)56-77-64(69)50-45-40-34-31-19-16-13-10-7-2/h60-63,68H,6-59H2,1-5H3,(H,73,74)(H,75,76)/t61-,62+,63+/m0/s1. The topological polar surface area (TPSA) is 237 Å². The summed E-state index contributed by atoms with van der Waals surface area (Å²) in [6.45, 7) is 7.11. The zero-order valence-corrected chi connectivity index (χ0v) is 57.2. The van der Waals surface area contributed by atoms with Gasteiger partial charge in [-0.15, -0.1) is 0 Å². The molecule has 0 amide bonds. The van der Waals surface area contributed by atoms with E-state index >= 15 is 0 Å². The molecule has 0 radical (unpaired) electrons. The van der Waals surface area contributed by atoms with Crippen LogP contribution >= 0.6 is 15.6 Å². The molecule has 0 bridgehead atoms. The molecule has 510 valence electrons. The van der Waals surface area contributed by atoms with Crippen LogP contribution < -0.4 is 0 Å². The van der Waals surface area contributed by atoms with E-state index in [0.717, 1.165) is 96.3 Å². The minimum absolute atomic E-state index is 0.106. The molecule has 5 atom stereocenters. The number of esters is 4. The van der Waals surface area contributed by atoms with Gasteiger partial charge in [0.25, 0.3) is 0 Å². The van der Waals surface area contributed by atoms with Crippen LogP contribution in [0.1, 0.15) is 343 Å². The van der Waals surface area contributed by atoms with E-state index in [4.69, 9.17) is 37.0 Å². The summed E-state index contributed by atoms with van der Waals surface area (Å²) in [7, 11) is -9.89. The number of unbranched alkanes of at least 4 members (excludes halogenated alkanes) is 39. The van der Waals surface area contributed by atoms with Crippen molar-refractivity contribution in [1.82, 2.24) is 0 Å². The van der Waals surface area contributed by atoms with Crippen LogP contribution in [0.3, 0.4) is 0 Å². The first kappa shape index (κ1) is 84.1. The molecular weight excluding hydrogens is 1140 g/mol. The fourth-order valence-electron chi connectivity index (χ4n) is 10.1. The van der Waals surface area contributed by atoms with Gasteiger partial charge in [0.2, 0.25) is 0 Å². The normalized spacial score (nSPS) is 14.2. The van der Waals surface area contributed by atoms with Gasteiger partial charge in [-0.25, -0.2) is 9.13 Å². The second-order valence-electron chi connectivity index (χ2n) is 24.7. The molecule has 3 N–H and O–H groups in total. The van der Waals surface area contributed by atoms with Crippen molar-refractivity contribution >= 4 is 39.5 Å². The maximum absolute atomic E-state index is 13.0. The van der Waals surface area contributed by atoms with Crippen LogP contribution in [0.25, 0.3) is 0 Å². The van der Waals surface area contributed by atoms with E-state index in [0.29, 0.717) is 31.6 Å². The molecule has 19 heteroatoms. The van der Waals surface area contributed by atoms with E-state index in [1.165, 1.54) is 161 Å². The molecule has 0 fully saturated rings. The highest BCUT2D eigenvalue weighted by Gasteiger charge is 2.30. The zero-order chi connectivity index (χ0) is 63.5. The smallest absolute Gasteiger partial charge is 0.462 e. The van der Waals surface area contributed by atoms with Gasteiger partial charge in [0.15, 0.2) is 12.2 Å². The predicted octanol–water partition coefficient (Wildman–Crippen LogP) is 19.0. The van der Waals surface area contributed by atoms with Crippen LogP contribution in [0.15, 0.2) is 0 Å². The first-order valence-corrected chi connectivity index (χ1v) is 38.1. The minimum atomic E-state index is -4.95. The Labute approximate surface area is 524 Å². The van der Waals surface area contributed by atoms with E-state index in [1.807, 2.05) is 0 Å². The molecular formula is C67H130O17P2. The Kier molecular flexibility index (Phi) is 59.2. The van der Waals surface area contributed by atoms with Crippen molar-refractivity contribution in [3.8, 4) is 0 Å². The van der Waals surface area contributed by atoms with Crippen LogP contribution in [-0.4, -0.2) is 96.7 Å². The van der Waals surface area contributed by atoms with Gasteiger partial charge in [0.05, 0.1) is 26.4 Å². The van der Waals surface area contributed by atoms with Crippen molar-refractivity contribution < 1.29 is 80.2 Å². The Morgan fingerprint density at radius 1 is 0.314 bits per heavy atom. The Balaban J connectivity index is 5.14. The number of carbonyl (C=O) groups excluding carboxylic acids is 4. The molecule has 0 aromatic heterocycles. The molecule has 0 spiro atoms. The van der Waals surface area contributed by atoms with Crippen LogP contribution in [0.4, 0.5) is 0 Å². The van der Waals surface area contributed by atoms with Gasteiger partial charge in [0.1, 0.15) is 19.3 Å². The SMILES string of the molecule is CCCCCCCCCCCCCCCCCCCCCC(=O)O[C@H](COC(=O)CCCCCCCCC(C)C)COP(=O)(O)OC[C@@H](O)COP(=O)(O)OC[C@@H](COC(=O)CCCCCCCCCCC)OC(=O)CCCCCCCCCCC. The lowest BCUT2D eigenvalue weighted by molar-refractivity contribution is -0.161. The summed E-state index contributed by atoms with van der Waals surface area (Å²) >= 11 is 0. The fraction of sp³-hybridized carbons (Fsp3) is 0.940. The summed E-state index contributed by atoms with van der Waals surface area (Å²) in [5.41, 5.74) is 0. The summed E-state index contributed by atoms with van der Waals surface area (Å²) in [5, 5.41) is 10.5. The first-order valence-electron chi connectivity index (χ1n) is 35.1. The second-order valence-corrected chi connectivity index (χ2v) is 27.6. The highest BCUT2D eigenvalue weighted by atomic mass is 31.2. The number of hydrogen-bond donors (Lipinski definition) is 3. The number of aliphatic hydroxyl groups is 1. The number of aliphatic hydroxyl groups excluding tert-OH is 1. The zero-order valence-electron chi connectivity index (χ0n) is 55.4. The lowest BCUT2D eigenvalue weighted by Crippen LogP contribution is -2.30. The fourth-order valence-corrected chi connectivity index (χ4v) is 11.7. The van der Waals surface area contributed by atoms with E-state index in [1.54, 1.807) is 0 Å². The average Bonchev–Trinajstić information content (AvgIpc) is 3.65. The Morgan fingerprint density at radius 3 is 0.791 bits per heavy atom. The minimum Gasteiger partial charge on any atom is -0.462 e. The number of carbonyl (C=O) groups is 4. The van der Waals surface area contributed by atoms with Crippen molar-refractivity contribution in [2.75, 3.05) is 39.6 Å². The number of phosphoric acid groups is 2. The Bertz CT molecular complexity index is 1670. The van der Waals surface area contributed by atoms with Gasteiger partial charge in [-0.1, -0.05) is 291 Å². The number of ether oxygens (including phenoxy) is 4. The number of rotatable bonds is 67. The van der Waals surface area contributed by atoms with Crippen molar-refractivity contribution in [1.29, 1.82) is 0 Å². The van der Waals surface area contributed by atoms with E-state index < -0.39 is 97.5 Å². The lowest BCUT2D eigenvalue weighted by atomic mass is 10.0. The lowest BCUT2D eigenvalue weighted by Gasteiger charge is -2.21. The maximum Gasteiger partial charge on any atom is 0.472 e. The van der Waals surface area contributed by atoms with Gasteiger partial charge in [-0.05, 0) is 31.6 Å². The Morgan fingerprint density at radius 2 is 0.535 bits per heavy atom. The van der Waals surface area contributed by atoms with Gasteiger partial charge in [0, 0.05) is 25.7 Å². The molecule has 0 heterocycles. The maximum atomic E-state index is 13.0. The molecule has 2 unspecified atom stereocenters. The summed E-state index contributed by atoms with van der Waals surface area (Å²) < 4.78 is 68.0. The highest BCUT2D eigenvalue weighted by Crippen LogP contribution is 2.45. The molecule has 0 aliphatic rings. The number of phosphoric ester groups is 2. The highest BCUT2D eigenvalue weighted by molar-refractivity contribution is 7.47. The van der Waals surface area contributed by atoms with Crippen LogP contribution in [0, 0.1) is 5.92 Å². The van der Waals surface area contributed by atoms with Gasteiger partial charge in [-0.3, -0.25) is 37.3 Å². The molecule has 0 aliphatic carbocycles. The quantitative estimate of drug-likeness (QED) is 0.0222. The van der Waals surface area contributed by atoms with Gasteiger partial charge >= 0.3 is 39.5 Å². The summed E-state index contributed by atoms with van der Waals surface area (Å²) in [5.74, 6) is -1.45. The summed E-state index contributed by atoms with van der Waals surface area (Å²) in [6.07, 6.45) is 46.1. The molecule has 86 heavy (non-hydrogen) atoms. The van der Waals surface area contributed by atoms with E-state index in [-0.39, 0.29) is 25.7 Å². The molecule has 17 nitrogen and oxygen atoms in total. The van der Waals surface area contributed by atoms with Crippen molar-refractivity contribution in [3.05, 3.63) is 0 Å². The molecule has 0 aromatic rings. The average molecular weight is 1270 g/mol. The first-order chi connectivity index (χ1) is 41.5. The second kappa shape index (κ2) is 60.6. The largest absolute Gasteiger partial charge is 0.472 e. The summed E-state index contributed by atoms with van der Waals surface area (Å²) in [4.78, 5) is 72.2. The molecule has 0 aliphatic heterocycles. The van der Waals surface area contributed by atoms with E-state index in [2.05, 4.69) is 34.6 Å². The Hall–Kier alpha value is -1.94. The van der Waals surface area contributed by atoms with Gasteiger partial charge in [-0.2, -0.15) is 0 Å². The molecule has 0 saturated carbocycles. The molecule has 0 saturated heterocycles. The van der Waals surface area contributed by atoms with Crippen LogP contribution in [-0.2, 0) is 65.4 Å². The van der Waals surface area contributed by atoms with Crippen molar-refractivity contribution in [2.45, 2.75) is 361 Å². The monoisotopic (exact) mass is 1270 g/mol. The number of hydrogen-bond acceptors (Lipinski definition) is 15. The van der Waals surface area contributed by atoms with Gasteiger partial charge < -0.3 is 33.8 Å². The van der Waals surface area contributed by atoms with Crippen molar-refractivity contribution in [2.24, 2.45) is 5.92 Å². The van der Waals surface area contributed by atoms with Crippen LogP contribution in [0.2, 0.25) is 0 Å². The molecule has 0 aromatic carbocycles. The third-order valence-electron chi connectivity index (χ3n) is 15.5. The molecule has 0 rings (SSSR count). The van der Waals surface area contributed by atoms with Crippen molar-refractivity contribution in [3.63, 3.8) is 0 Å². The third kappa shape index (κ3) is 60.9. The summed E-state index contributed by atoms with van der Waals surface area (Å²) in [6, 6.07) is 0. The van der Waals surface area contributed by atoms with Crippen LogP contribution in [0.5, 0.6) is 0 Å². The van der Waals surface area contributed by atoms with E-state index in [9.17, 15) is 43.2 Å². The predicted molar refractivity (Wildman–Crippen MR) is 345 cm³/mol.